The van der Waals surface area contributed by atoms with Crippen molar-refractivity contribution in [2.24, 2.45) is 0 Å². The van der Waals surface area contributed by atoms with Gasteiger partial charge in [-0.2, -0.15) is 0 Å². The summed E-state index contributed by atoms with van der Waals surface area (Å²) in [7, 11) is 1.58. The van der Waals surface area contributed by atoms with Gasteiger partial charge in [0.15, 0.2) is 17.6 Å². The monoisotopic (exact) mass is 371 g/mol. The van der Waals surface area contributed by atoms with Crippen LogP contribution in [0.1, 0.15) is 32.8 Å². The Hall–Kier alpha value is -2.69. The summed E-state index contributed by atoms with van der Waals surface area (Å²) in [6, 6.07) is 15.4. The Balaban J connectivity index is 1.75. The topological polar surface area (TPSA) is 56.8 Å². The molecule has 0 radical (unpaired) electrons. The van der Waals surface area contributed by atoms with E-state index in [2.05, 4.69) is 17.4 Å². The van der Waals surface area contributed by atoms with Crippen LogP contribution in [-0.4, -0.2) is 31.8 Å². The molecule has 0 aliphatic carbocycles. The first-order valence-electron chi connectivity index (χ1n) is 9.32. The number of nitrogens with one attached hydrogen (secondary N) is 1. The number of carbonyl (C=O) groups excluding carboxylic acids is 1. The Kier molecular flexibility index (Phi) is 7.99. The third-order valence-electron chi connectivity index (χ3n) is 3.95. The zero-order valence-electron chi connectivity index (χ0n) is 16.5. The van der Waals surface area contributed by atoms with Crippen molar-refractivity contribution in [2.45, 2.75) is 45.8 Å². The van der Waals surface area contributed by atoms with Crippen molar-refractivity contribution >= 4 is 5.91 Å². The van der Waals surface area contributed by atoms with E-state index in [9.17, 15) is 4.79 Å². The molecule has 0 saturated heterocycles. The number of ether oxygens (including phenoxy) is 3. The molecule has 5 heteroatoms. The number of hydrogen-bond acceptors (Lipinski definition) is 4. The predicted octanol–water partition coefficient (Wildman–Crippen LogP) is 4.00. The largest absolute Gasteiger partial charge is 0.493 e. The Labute approximate surface area is 161 Å². The first-order valence-corrected chi connectivity index (χ1v) is 9.32. The molecular formula is C22H29NO4. The molecule has 0 fully saturated rings. The summed E-state index contributed by atoms with van der Waals surface area (Å²) in [5, 5.41) is 2.92. The van der Waals surface area contributed by atoms with Gasteiger partial charge in [0.25, 0.3) is 5.91 Å². The molecule has 1 atom stereocenters. The van der Waals surface area contributed by atoms with Gasteiger partial charge in [-0.05, 0) is 63.4 Å². The minimum Gasteiger partial charge on any atom is -0.493 e. The number of amides is 1. The number of hydrogen-bond donors (Lipinski definition) is 1. The van der Waals surface area contributed by atoms with Crippen LogP contribution in [0, 0.1) is 0 Å². The van der Waals surface area contributed by atoms with Gasteiger partial charge in [0, 0.05) is 6.54 Å². The highest BCUT2D eigenvalue weighted by molar-refractivity contribution is 5.80. The Morgan fingerprint density at radius 3 is 2.44 bits per heavy atom. The Morgan fingerprint density at radius 1 is 1.00 bits per heavy atom. The SMILES string of the molecule is COc1ccccc1O[C@H](C)C(=O)NCCCc1cccc(OC(C)C)c1. The lowest BCUT2D eigenvalue weighted by Gasteiger charge is -2.16. The van der Waals surface area contributed by atoms with E-state index < -0.39 is 6.10 Å². The molecule has 2 aromatic rings. The van der Waals surface area contributed by atoms with Gasteiger partial charge >= 0.3 is 0 Å². The van der Waals surface area contributed by atoms with Crippen molar-refractivity contribution in [1.82, 2.24) is 5.32 Å². The second-order valence-corrected chi connectivity index (χ2v) is 6.62. The van der Waals surface area contributed by atoms with Crippen molar-refractivity contribution in [2.75, 3.05) is 13.7 Å². The molecule has 27 heavy (non-hydrogen) atoms. The summed E-state index contributed by atoms with van der Waals surface area (Å²) in [5.41, 5.74) is 1.20. The average Bonchev–Trinajstić information content (AvgIpc) is 2.65. The minimum atomic E-state index is -0.593. The molecule has 2 aromatic carbocycles. The lowest BCUT2D eigenvalue weighted by atomic mass is 10.1. The normalized spacial score (nSPS) is 11.7. The van der Waals surface area contributed by atoms with Crippen molar-refractivity contribution in [3.8, 4) is 17.2 Å². The Morgan fingerprint density at radius 2 is 1.74 bits per heavy atom. The van der Waals surface area contributed by atoms with Gasteiger partial charge in [0.2, 0.25) is 0 Å². The second kappa shape index (κ2) is 10.5. The van der Waals surface area contributed by atoms with Gasteiger partial charge in [0.05, 0.1) is 13.2 Å². The first-order chi connectivity index (χ1) is 13.0. The number of para-hydroxylation sites is 2. The zero-order valence-corrected chi connectivity index (χ0v) is 16.5. The van der Waals surface area contributed by atoms with Gasteiger partial charge < -0.3 is 19.5 Å². The first kappa shape index (κ1) is 20.6. The number of carbonyl (C=O) groups is 1. The molecule has 1 amide bonds. The molecule has 0 saturated carbocycles. The fraction of sp³-hybridized carbons (Fsp3) is 0.409. The fourth-order valence-corrected chi connectivity index (χ4v) is 2.65. The maximum absolute atomic E-state index is 12.2. The fourth-order valence-electron chi connectivity index (χ4n) is 2.65. The molecule has 0 unspecified atom stereocenters. The molecule has 0 aliphatic rings. The zero-order chi connectivity index (χ0) is 19.6. The third-order valence-corrected chi connectivity index (χ3v) is 3.95. The quantitative estimate of drug-likeness (QED) is 0.642. The summed E-state index contributed by atoms with van der Waals surface area (Å²) < 4.78 is 16.7. The number of aryl methyl sites for hydroxylation is 1. The van der Waals surface area contributed by atoms with E-state index in [0.717, 1.165) is 18.6 Å². The summed E-state index contributed by atoms with van der Waals surface area (Å²) in [4.78, 5) is 12.2. The highest BCUT2D eigenvalue weighted by Crippen LogP contribution is 2.26. The van der Waals surface area contributed by atoms with Gasteiger partial charge in [-0.1, -0.05) is 24.3 Å². The molecule has 5 nitrogen and oxygen atoms in total. The second-order valence-electron chi connectivity index (χ2n) is 6.62. The summed E-state index contributed by atoms with van der Waals surface area (Å²) >= 11 is 0. The molecule has 1 N–H and O–H groups in total. The highest BCUT2D eigenvalue weighted by Gasteiger charge is 2.16. The summed E-state index contributed by atoms with van der Waals surface area (Å²) in [6.07, 6.45) is 1.28. The van der Waals surface area contributed by atoms with Crippen molar-refractivity contribution in [3.63, 3.8) is 0 Å². The molecule has 2 rings (SSSR count). The summed E-state index contributed by atoms with van der Waals surface area (Å²) in [5.74, 6) is 1.91. The van der Waals surface area contributed by atoms with E-state index in [-0.39, 0.29) is 12.0 Å². The number of rotatable bonds is 10. The lowest BCUT2D eigenvalue weighted by Crippen LogP contribution is -2.37. The van der Waals surface area contributed by atoms with Gasteiger partial charge in [-0.3, -0.25) is 4.79 Å². The maximum Gasteiger partial charge on any atom is 0.260 e. The molecule has 0 aliphatic heterocycles. The summed E-state index contributed by atoms with van der Waals surface area (Å²) in [6.45, 7) is 6.34. The Bertz CT molecular complexity index is 730. The van der Waals surface area contributed by atoms with Crippen LogP contribution in [0.15, 0.2) is 48.5 Å². The van der Waals surface area contributed by atoms with Gasteiger partial charge in [-0.25, -0.2) is 0 Å². The average molecular weight is 371 g/mol. The third kappa shape index (κ3) is 6.85. The van der Waals surface area contributed by atoms with Crippen LogP contribution in [0.4, 0.5) is 0 Å². The van der Waals surface area contributed by atoms with Crippen LogP contribution in [0.25, 0.3) is 0 Å². The molecule has 0 spiro atoms. The van der Waals surface area contributed by atoms with Crippen molar-refractivity contribution < 1.29 is 19.0 Å². The lowest BCUT2D eigenvalue weighted by molar-refractivity contribution is -0.127. The molecule has 0 heterocycles. The highest BCUT2D eigenvalue weighted by atomic mass is 16.5. The van der Waals surface area contributed by atoms with Crippen molar-refractivity contribution in [1.29, 1.82) is 0 Å². The van der Waals surface area contributed by atoms with Crippen molar-refractivity contribution in [3.05, 3.63) is 54.1 Å². The van der Waals surface area contributed by atoms with Crippen LogP contribution in [0.5, 0.6) is 17.2 Å². The number of methoxy groups -OCH3 is 1. The van der Waals surface area contributed by atoms with E-state index in [0.29, 0.717) is 18.0 Å². The van der Waals surface area contributed by atoms with E-state index >= 15 is 0 Å². The van der Waals surface area contributed by atoms with Crippen LogP contribution in [0.3, 0.4) is 0 Å². The van der Waals surface area contributed by atoms with Crippen LogP contribution < -0.4 is 19.5 Å². The van der Waals surface area contributed by atoms with E-state index in [1.54, 1.807) is 26.2 Å². The van der Waals surface area contributed by atoms with E-state index in [1.807, 2.05) is 38.1 Å². The molecule has 0 aromatic heterocycles. The molecule has 0 bridgehead atoms. The number of benzene rings is 2. The van der Waals surface area contributed by atoms with Gasteiger partial charge in [-0.15, -0.1) is 0 Å². The standard InChI is InChI=1S/C22H29NO4/c1-16(2)26-19-11-7-9-18(15-19)10-8-14-23-22(24)17(3)27-21-13-6-5-12-20(21)25-4/h5-7,9,11-13,15-17H,8,10,14H2,1-4H3,(H,23,24)/t17-/m1/s1. The molecular weight excluding hydrogens is 342 g/mol. The van der Waals surface area contributed by atoms with Crippen LogP contribution in [-0.2, 0) is 11.2 Å². The molecule has 146 valence electrons. The maximum atomic E-state index is 12.2. The smallest absolute Gasteiger partial charge is 0.260 e. The van der Waals surface area contributed by atoms with Crippen LogP contribution >= 0.6 is 0 Å². The van der Waals surface area contributed by atoms with Gasteiger partial charge in [0.1, 0.15) is 5.75 Å². The minimum absolute atomic E-state index is 0.141. The van der Waals surface area contributed by atoms with E-state index in [1.165, 1.54) is 5.56 Å². The van der Waals surface area contributed by atoms with E-state index in [4.69, 9.17) is 14.2 Å². The predicted molar refractivity (Wildman–Crippen MR) is 107 cm³/mol. The van der Waals surface area contributed by atoms with Crippen LogP contribution in [0.2, 0.25) is 0 Å².